The van der Waals surface area contributed by atoms with Crippen molar-refractivity contribution >= 4 is 0 Å². The molecule has 1 N–H and O–H groups in total. The highest BCUT2D eigenvalue weighted by molar-refractivity contribution is 5.01. The Labute approximate surface area is 100 Å². The van der Waals surface area contributed by atoms with Crippen molar-refractivity contribution in [2.75, 3.05) is 26.2 Å². The summed E-state index contributed by atoms with van der Waals surface area (Å²) in [7, 11) is 0. The average Bonchev–Trinajstić information content (AvgIpc) is 2.20. The zero-order valence-electron chi connectivity index (χ0n) is 11.1. The molecule has 0 atom stereocenters. The second kappa shape index (κ2) is 7.43. The summed E-state index contributed by atoms with van der Waals surface area (Å²) in [6, 6.07) is 2.18. The van der Waals surface area contributed by atoms with Crippen molar-refractivity contribution in [2.24, 2.45) is 0 Å². The number of rotatable bonds is 7. The first-order valence-corrected chi connectivity index (χ1v) is 5.90. The third kappa shape index (κ3) is 8.46. The Hall–Kier alpha value is -0.850. The van der Waals surface area contributed by atoms with Crippen LogP contribution in [0.1, 0.15) is 34.1 Å². The normalized spacial score (nSPS) is 11.5. The third-order valence-corrected chi connectivity index (χ3v) is 2.30. The van der Waals surface area contributed by atoms with Crippen LogP contribution >= 0.6 is 0 Å². The van der Waals surface area contributed by atoms with Crippen LogP contribution in [0.4, 0.5) is 0 Å². The molecular formula is C13H25N3. The summed E-state index contributed by atoms with van der Waals surface area (Å²) >= 11 is 0. The van der Waals surface area contributed by atoms with Crippen molar-refractivity contribution in [2.45, 2.75) is 39.7 Å². The monoisotopic (exact) mass is 223 g/mol. The minimum Gasteiger partial charge on any atom is -0.308 e. The molecule has 16 heavy (non-hydrogen) atoms. The van der Waals surface area contributed by atoms with Crippen LogP contribution < -0.4 is 5.32 Å². The van der Waals surface area contributed by atoms with Gasteiger partial charge in [0, 0.05) is 31.6 Å². The van der Waals surface area contributed by atoms with Gasteiger partial charge in [0.1, 0.15) is 0 Å². The molecule has 0 bridgehead atoms. The maximum atomic E-state index is 8.54. The van der Waals surface area contributed by atoms with E-state index in [1.165, 1.54) is 5.57 Å². The summed E-state index contributed by atoms with van der Waals surface area (Å²) in [5.41, 5.74) is 1.31. The number of nitriles is 1. The van der Waals surface area contributed by atoms with Gasteiger partial charge in [-0.15, -0.1) is 0 Å². The molecule has 0 aromatic rings. The first-order valence-electron chi connectivity index (χ1n) is 5.90. The summed E-state index contributed by atoms with van der Waals surface area (Å²) in [4.78, 5) is 2.25. The van der Waals surface area contributed by atoms with Crippen LogP contribution in [0.2, 0.25) is 0 Å². The van der Waals surface area contributed by atoms with Gasteiger partial charge in [0.15, 0.2) is 0 Å². The fourth-order valence-electron chi connectivity index (χ4n) is 1.32. The highest BCUT2D eigenvalue weighted by atomic mass is 15.1. The molecule has 0 aliphatic rings. The van der Waals surface area contributed by atoms with E-state index < -0.39 is 0 Å². The van der Waals surface area contributed by atoms with Crippen molar-refractivity contribution < 1.29 is 0 Å². The third-order valence-electron chi connectivity index (χ3n) is 2.30. The number of likely N-dealkylation sites (N-methyl/N-ethyl adjacent to an activating group) is 1. The number of hydrogen-bond acceptors (Lipinski definition) is 3. The Morgan fingerprint density at radius 2 is 2.06 bits per heavy atom. The van der Waals surface area contributed by atoms with E-state index in [2.05, 4.69) is 50.6 Å². The van der Waals surface area contributed by atoms with Crippen LogP contribution in [0.3, 0.4) is 0 Å². The fourth-order valence-corrected chi connectivity index (χ4v) is 1.32. The average molecular weight is 223 g/mol. The molecule has 0 saturated carbocycles. The predicted octanol–water partition coefficient (Wildman–Crippen LogP) is 2.17. The molecule has 0 amide bonds. The van der Waals surface area contributed by atoms with E-state index in [0.717, 1.165) is 26.2 Å². The SMILES string of the molecule is C=C(CNC(C)(C)C)CN(CC)CCC#N. The van der Waals surface area contributed by atoms with Crippen molar-refractivity contribution in [1.82, 2.24) is 10.2 Å². The van der Waals surface area contributed by atoms with E-state index in [4.69, 9.17) is 5.26 Å². The summed E-state index contributed by atoms with van der Waals surface area (Å²) in [6.45, 7) is 16.1. The van der Waals surface area contributed by atoms with E-state index >= 15 is 0 Å². The summed E-state index contributed by atoms with van der Waals surface area (Å²) in [5.74, 6) is 0. The Kier molecular flexibility index (Phi) is 7.03. The van der Waals surface area contributed by atoms with Crippen molar-refractivity contribution in [3.63, 3.8) is 0 Å². The molecule has 3 nitrogen and oxygen atoms in total. The van der Waals surface area contributed by atoms with Crippen LogP contribution in [0.15, 0.2) is 12.2 Å². The Bertz CT molecular complexity index is 245. The number of hydrogen-bond donors (Lipinski definition) is 1. The topological polar surface area (TPSA) is 39.1 Å². The largest absolute Gasteiger partial charge is 0.308 e. The number of nitrogens with zero attached hydrogens (tertiary/aromatic N) is 2. The molecule has 0 aliphatic heterocycles. The van der Waals surface area contributed by atoms with Crippen LogP contribution in [0.5, 0.6) is 0 Å². The molecule has 0 spiro atoms. The maximum Gasteiger partial charge on any atom is 0.0635 e. The van der Waals surface area contributed by atoms with Gasteiger partial charge in [-0.2, -0.15) is 5.26 Å². The first-order chi connectivity index (χ1) is 7.39. The second-order valence-corrected chi connectivity index (χ2v) is 5.13. The van der Waals surface area contributed by atoms with Gasteiger partial charge in [0.05, 0.1) is 6.07 Å². The van der Waals surface area contributed by atoms with Gasteiger partial charge in [0.2, 0.25) is 0 Å². The smallest absolute Gasteiger partial charge is 0.0635 e. The van der Waals surface area contributed by atoms with Crippen molar-refractivity contribution in [3.8, 4) is 6.07 Å². The first kappa shape index (κ1) is 15.2. The van der Waals surface area contributed by atoms with Gasteiger partial charge >= 0.3 is 0 Å². The summed E-state index contributed by atoms with van der Waals surface area (Å²) < 4.78 is 0. The highest BCUT2D eigenvalue weighted by Gasteiger charge is 2.10. The predicted molar refractivity (Wildman–Crippen MR) is 69.2 cm³/mol. The zero-order valence-corrected chi connectivity index (χ0v) is 11.1. The summed E-state index contributed by atoms with van der Waals surface area (Å²) in [6.07, 6.45) is 0.591. The maximum absolute atomic E-state index is 8.54. The molecule has 0 rings (SSSR count). The van der Waals surface area contributed by atoms with E-state index in [1.54, 1.807) is 0 Å². The molecule has 0 aromatic carbocycles. The lowest BCUT2D eigenvalue weighted by atomic mass is 10.1. The van der Waals surface area contributed by atoms with Crippen molar-refractivity contribution in [1.29, 1.82) is 5.26 Å². The van der Waals surface area contributed by atoms with E-state index in [1.807, 2.05) is 0 Å². The van der Waals surface area contributed by atoms with Gasteiger partial charge in [-0.25, -0.2) is 0 Å². The quantitative estimate of drug-likeness (QED) is 0.672. The Balaban J connectivity index is 3.88. The molecule has 0 aromatic heterocycles. The molecule has 0 radical (unpaired) electrons. The van der Waals surface area contributed by atoms with E-state index in [-0.39, 0.29) is 5.54 Å². The highest BCUT2D eigenvalue weighted by Crippen LogP contribution is 2.02. The Morgan fingerprint density at radius 1 is 1.44 bits per heavy atom. The molecule has 0 fully saturated rings. The van der Waals surface area contributed by atoms with Crippen LogP contribution in [-0.4, -0.2) is 36.6 Å². The van der Waals surface area contributed by atoms with Crippen molar-refractivity contribution in [3.05, 3.63) is 12.2 Å². The summed E-state index contributed by atoms with van der Waals surface area (Å²) in [5, 5.41) is 12.0. The van der Waals surface area contributed by atoms with Gasteiger partial charge in [-0.3, -0.25) is 4.90 Å². The lowest BCUT2D eigenvalue weighted by Crippen LogP contribution is -2.39. The van der Waals surface area contributed by atoms with Gasteiger partial charge in [0.25, 0.3) is 0 Å². The van der Waals surface area contributed by atoms with Crippen LogP contribution in [-0.2, 0) is 0 Å². The standard InChI is InChI=1S/C13H25N3/c1-6-16(9-7-8-14)11-12(2)10-15-13(3,4)5/h15H,2,6-7,9-11H2,1,3-5H3. The molecule has 0 unspecified atom stereocenters. The molecule has 0 aliphatic carbocycles. The van der Waals surface area contributed by atoms with Crippen LogP contribution in [0.25, 0.3) is 0 Å². The van der Waals surface area contributed by atoms with Crippen LogP contribution in [0, 0.1) is 11.3 Å². The number of nitrogens with one attached hydrogen (secondary N) is 1. The molecule has 0 saturated heterocycles. The minimum atomic E-state index is 0.132. The zero-order chi connectivity index (χ0) is 12.6. The molecule has 0 heterocycles. The van der Waals surface area contributed by atoms with E-state index in [0.29, 0.717) is 6.42 Å². The van der Waals surface area contributed by atoms with Gasteiger partial charge in [-0.05, 0) is 32.9 Å². The molecular weight excluding hydrogens is 198 g/mol. The molecule has 92 valence electrons. The Morgan fingerprint density at radius 3 is 2.50 bits per heavy atom. The molecule has 3 heteroatoms. The van der Waals surface area contributed by atoms with Gasteiger partial charge in [-0.1, -0.05) is 13.5 Å². The fraction of sp³-hybridized carbons (Fsp3) is 0.769. The van der Waals surface area contributed by atoms with Gasteiger partial charge < -0.3 is 5.32 Å². The lowest BCUT2D eigenvalue weighted by molar-refractivity contribution is 0.314. The minimum absolute atomic E-state index is 0.132. The van der Waals surface area contributed by atoms with E-state index in [9.17, 15) is 0 Å². The lowest BCUT2D eigenvalue weighted by Gasteiger charge is -2.24. The second-order valence-electron chi connectivity index (χ2n) is 5.13.